The van der Waals surface area contributed by atoms with Gasteiger partial charge in [0, 0.05) is 11.0 Å². The molecule has 3 aromatic carbocycles. The third kappa shape index (κ3) is 5.07. The van der Waals surface area contributed by atoms with E-state index in [2.05, 4.69) is 5.32 Å². The fourth-order valence-corrected chi connectivity index (χ4v) is 3.24. The Morgan fingerprint density at radius 1 is 1.04 bits per heavy atom. The van der Waals surface area contributed by atoms with Crippen LogP contribution in [-0.2, 0) is 14.3 Å². The van der Waals surface area contributed by atoms with Crippen LogP contribution in [0.25, 0.3) is 10.8 Å². The number of benzene rings is 3. The molecule has 144 valence electrons. The molecule has 0 spiro atoms. The van der Waals surface area contributed by atoms with Crippen molar-refractivity contribution in [3.63, 3.8) is 0 Å². The van der Waals surface area contributed by atoms with Crippen molar-refractivity contribution in [1.29, 1.82) is 0 Å². The van der Waals surface area contributed by atoms with E-state index in [9.17, 15) is 18.4 Å². The van der Waals surface area contributed by atoms with Crippen LogP contribution < -0.4 is 5.32 Å². The summed E-state index contributed by atoms with van der Waals surface area (Å²) in [7, 11) is 0. The smallest absolute Gasteiger partial charge is 0.317 e. The van der Waals surface area contributed by atoms with E-state index < -0.39 is 29.6 Å². The van der Waals surface area contributed by atoms with Crippen molar-refractivity contribution in [1.82, 2.24) is 0 Å². The molecular formula is C21H17F2NO3S. The summed E-state index contributed by atoms with van der Waals surface area (Å²) in [6.45, 7) is 1.37. The van der Waals surface area contributed by atoms with Gasteiger partial charge in [-0.2, -0.15) is 0 Å². The lowest BCUT2D eigenvalue weighted by Crippen LogP contribution is -2.30. The molecule has 1 N–H and O–H groups in total. The second-order valence-corrected chi connectivity index (χ2v) is 7.09. The summed E-state index contributed by atoms with van der Waals surface area (Å²) in [5.74, 6) is -2.77. The second kappa shape index (κ2) is 8.84. The first kappa shape index (κ1) is 19.8. The molecule has 0 aliphatic carbocycles. The number of ether oxygens (including phenoxy) is 1. The number of fused-ring (bicyclic) bond motifs is 1. The number of hydrogen-bond acceptors (Lipinski definition) is 4. The lowest BCUT2D eigenvalue weighted by atomic mass is 10.1. The molecule has 1 amide bonds. The van der Waals surface area contributed by atoms with E-state index in [1.54, 1.807) is 0 Å². The Labute approximate surface area is 164 Å². The minimum absolute atomic E-state index is 0.0181. The highest BCUT2D eigenvalue weighted by atomic mass is 32.2. The van der Waals surface area contributed by atoms with Crippen LogP contribution in [0.5, 0.6) is 0 Å². The summed E-state index contributed by atoms with van der Waals surface area (Å²) in [6.07, 6.45) is -1.15. The third-order valence-electron chi connectivity index (χ3n) is 3.94. The SMILES string of the molecule is CC(OC(=O)CSc1ccc2ccccc2c1)C(=O)Nc1cc(F)ccc1F. The highest BCUT2D eigenvalue weighted by Gasteiger charge is 2.19. The van der Waals surface area contributed by atoms with Crippen molar-refractivity contribution in [2.45, 2.75) is 17.9 Å². The topological polar surface area (TPSA) is 55.4 Å². The van der Waals surface area contributed by atoms with E-state index in [1.807, 2.05) is 42.5 Å². The van der Waals surface area contributed by atoms with E-state index in [1.165, 1.54) is 18.7 Å². The zero-order chi connectivity index (χ0) is 20.1. The maximum Gasteiger partial charge on any atom is 0.317 e. The van der Waals surface area contributed by atoms with E-state index in [0.29, 0.717) is 0 Å². The van der Waals surface area contributed by atoms with Crippen molar-refractivity contribution < 1.29 is 23.1 Å². The Hall–Kier alpha value is -2.93. The van der Waals surface area contributed by atoms with Gasteiger partial charge in [0.15, 0.2) is 6.10 Å². The summed E-state index contributed by atoms with van der Waals surface area (Å²) in [5, 5.41) is 4.37. The molecule has 1 unspecified atom stereocenters. The summed E-state index contributed by atoms with van der Waals surface area (Å²) in [6, 6.07) is 16.4. The number of rotatable bonds is 6. The molecule has 0 aromatic heterocycles. The number of nitrogens with one attached hydrogen (secondary N) is 1. The van der Waals surface area contributed by atoms with Gasteiger partial charge < -0.3 is 10.1 Å². The fourth-order valence-electron chi connectivity index (χ4n) is 2.51. The zero-order valence-corrected chi connectivity index (χ0v) is 15.8. The van der Waals surface area contributed by atoms with Crippen LogP contribution in [0, 0.1) is 11.6 Å². The number of halogens is 2. The van der Waals surface area contributed by atoms with Crippen molar-refractivity contribution >= 4 is 40.1 Å². The highest BCUT2D eigenvalue weighted by Crippen LogP contribution is 2.24. The van der Waals surface area contributed by atoms with Crippen LogP contribution in [0.4, 0.5) is 14.5 Å². The molecule has 1 atom stereocenters. The molecule has 3 rings (SSSR count). The quantitative estimate of drug-likeness (QED) is 0.477. The van der Waals surface area contributed by atoms with Crippen molar-refractivity contribution in [2.75, 3.05) is 11.1 Å². The average molecular weight is 401 g/mol. The molecular weight excluding hydrogens is 384 g/mol. The minimum Gasteiger partial charge on any atom is -0.452 e. The predicted octanol–water partition coefficient (Wildman–Crippen LogP) is 4.78. The summed E-state index contributed by atoms with van der Waals surface area (Å²) in [4.78, 5) is 25.0. The Bertz CT molecular complexity index is 1030. The van der Waals surface area contributed by atoms with Crippen LogP contribution in [-0.4, -0.2) is 23.7 Å². The Morgan fingerprint density at radius 2 is 1.79 bits per heavy atom. The zero-order valence-electron chi connectivity index (χ0n) is 14.9. The minimum atomic E-state index is -1.15. The number of thioether (sulfide) groups is 1. The molecule has 0 fully saturated rings. The van der Waals surface area contributed by atoms with Crippen LogP contribution >= 0.6 is 11.8 Å². The standard InChI is InChI=1S/C21H17F2NO3S/c1-13(21(26)24-19-11-16(22)7-9-18(19)23)27-20(25)12-28-17-8-6-14-4-2-3-5-15(14)10-17/h2-11,13H,12H2,1H3,(H,24,26). The molecule has 0 saturated carbocycles. The van der Waals surface area contributed by atoms with Gasteiger partial charge in [0.1, 0.15) is 11.6 Å². The largest absolute Gasteiger partial charge is 0.452 e. The number of amides is 1. The van der Waals surface area contributed by atoms with Gasteiger partial charge in [0.25, 0.3) is 5.91 Å². The summed E-state index contributed by atoms with van der Waals surface area (Å²) >= 11 is 1.29. The fraction of sp³-hybridized carbons (Fsp3) is 0.143. The van der Waals surface area contributed by atoms with E-state index in [0.717, 1.165) is 33.9 Å². The van der Waals surface area contributed by atoms with Gasteiger partial charge in [-0.05, 0) is 42.0 Å². The number of hydrogen-bond donors (Lipinski definition) is 1. The van der Waals surface area contributed by atoms with Gasteiger partial charge in [-0.15, -0.1) is 11.8 Å². The number of carbonyl (C=O) groups excluding carboxylic acids is 2. The second-order valence-electron chi connectivity index (χ2n) is 6.04. The lowest BCUT2D eigenvalue weighted by molar-refractivity contribution is -0.150. The first-order valence-electron chi connectivity index (χ1n) is 8.49. The van der Waals surface area contributed by atoms with Crippen LogP contribution in [0.1, 0.15) is 6.92 Å². The van der Waals surface area contributed by atoms with Crippen molar-refractivity contribution in [3.8, 4) is 0 Å². The molecule has 28 heavy (non-hydrogen) atoms. The Morgan fingerprint density at radius 3 is 2.57 bits per heavy atom. The first-order valence-corrected chi connectivity index (χ1v) is 9.48. The molecule has 0 saturated heterocycles. The van der Waals surface area contributed by atoms with Gasteiger partial charge in [-0.1, -0.05) is 30.3 Å². The molecule has 4 nitrogen and oxygen atoms in total. The summed E-state index contributed by atoms with van der Waals surface area (Å²) < 4.78 is 31.8. The van der Waals surface area contributed by atoms with Crippen LogP contribution in [0.3, 0.4) is 0 Å². The monoisotopic (exact) mass is 401 g/mol. The maximum absolute atomic E-state index is 13.6. The molecule has 0 bridgehead atoms. The van der Waals surface area contributed by atoms with Gasteiger partial charge >= 0.3 is 5.97 Å². The van der Waals surface area contributed by atoms with E-state index in [4.69, 9.17) is 4.74 Å². The van der Waals surface area contributed by atoms with Crippen molar-refractivity contribution in [2.24, 2.45) is 0 Å². The number of carbonyl (C=O) groups is 2. The van der Waals surface area contributed by atoms with Gasteiger partial charge in [-0.25, -0.2) is 8.78 Å². The molecule has 0 aliphatic rings. The van der Waals surface area contributed by atoms with Gasteiger partial charge in [-0.3, -0.25) is 9.59 Å². The van der Waals surface area contributed by atoms with Gasteiger partial charge in [0.05, 0.1) is 11.4 Å². The predicted molar refractivity (Wildman–Crippen MR) is 105 cm³/mol. The molecule has 0 aliphatic heterocycles. The summed E-state index contributed by atoms with van der Waals surface area (Å²) in [5.41, 5.74) is -0.307. The first-order chi connectivity index (χ1) is 13.4. The molecule has 0 heterocycles. The van der Waals surface area contributed by atoms with Crippen LogP contribution in [0.15, 0.2) is 65.6 Å². The third-order valence-corrected chi connectivity index (χ3v) is 4.91. The van der Waals surface area contributed by atoms with Gasteiger partial charge in [0.2, 0.25) is 0 Å². The molecule has 0 radical (unpaired) electrons. The highest BCUT2D eigenvalue weighted by molar-refractivity contribution is 8.00. The molecule has 3 aromatic rings. The maximum atomic E-state index is 13.6. The normalized spacial score (nSPS) is 11.8. The average Bonchev–Trinajstić information content (AvgIpc) is 2.69. The van der Waals surface area contributed by atoms with Crippen LogP contribution in [0.2, 0.25) is 0 Å². The number of esters is 1. The van der Waals surface area contributed by atoms with E-state index >= 15 is 0 Å². The lowest BCUT2D eigenvalue weighted by Gasteiger charge is -2.14. The Balaban J connectivity index is 1.53. The molecule has 7 heteroatoms. The number of anilines is 1. The van der Waals surface area contributed by atoms with Crippen molar-refractivity contribution in [3.05, 3.63) is 72.3 Å². The van der Waals surface area contributed by atoms with E-state index in [-0.39, 0.29) is 11.4 Å². The Kier molecular flexibility index (Phi) is 6.26.